The van der Waals surface area contributed by atoms with Gasteiger partial charge in [0.05, 0.1) is 28.7 Å². The number of benzene rings is 1. The van der Waals surface area contributed by atoms with Gasteiger partial charge in [-0.2, -0.15) is 4.31 Å². The van der Waals surface area contributed by atoms with Gasteiger partial charge < -0.3 is 0 Å². The smallest absolute Gasteiger partial charge is 0.247 e. The first-order valence-corrected chi connectivity index (χ1v) is 12.6. The Morgan fingerprint density at radius 3 is 2.77 bits per heavy atom. The van der Waals surface area contributed by atoms with Gasteiger partial charge in [-0.15, -0.1) is 0 Å². The van der Waals surface area contributed by atoms with Crippen LogP contribution in [0.15, 0.2) is 42.6 Å². The molecule has 4 rings (SSSR count). The van der Waals surface area contributed by atoms with Crippen molar-refractivity contribution in [2.75, 3.05) is 17.7 Å². The van der Waals surface area contributed by atoms with Gasteiger partial charge in [-0.3, -0.25) is 14.7 Å². The van der Waals surface area contributed by atoms with Crippen molar-refractivity contribution < 1.29 is 13.2 Å². The number of amides is 1. The third-order valence-electron chi connectivity index (χ3n) is 5.32. The molecular formula is C21H24N4O3S2. The number of nitrogens with zero attached hydrogens (tertiary/aromatic N) is 4. The van der Waals surface area contributed by atoms with Gasteiger partial charge in [0.1, 0.15) is 6.04 Å². The van der Waals surface area contributed by atoms with Gasteiger partial charge in [0, 0.05) is 12.7 Å². The Morgan fingerprint density at radius 1 is 1.23 bits per heavy atom. The maximum absolute atomic E-state index is 13.7. The summed E-state index contributed by atoms with van der Waals surface area (Å²) in [5.74, 6) is -0.248. The number of hydrogen-bond acceptors (Lipinski definition) is 6. The molecule has 1 saturated heterocycles. The third kappa shape index (κ3) is 4.23. The average Bonchev–Trinajstić information content (AvgIpc) is 3.17. The maximum Gasteiger partial charge on any atom is 0.247 e. The first kappa shape index (κ1) is 20.9. The van der Waals surface area contributed by atoms with Crippen molar-refractivity contribution in [2.24, 2.45) is 0 Å². The largest absolute Gasteiger partial charge is 0.281 e. The Labute approximate surface area is 180 Å². The molecule has 2 aromatic heterocycles. The minimum absolute atomic E-state index is 0.243. The molecule has 0 radical (unpaired) electrons. The predicted molar refractivity (Wildman–Crippen MR) is 119 cm³/mol. The number of rotatable bonds is 5. The molecule has 0 spiro atoms. The number of sulfonamides is 1. The Hall–Kier alpha value is -2.36. The molecule has 9 heteroatoms. The number of pyridine rings is 1. The Morgan fingerprint density at radius 2 is 2.07 bits per heavy atom. The van der Waals surface area contributed by atoms with E-state index in [1.54, 1.807) is 11.1 Å². The summed E-state index contributed by atoms with van der Waals surface area (Å²) in [5.41, 5.74) is 2.62. The molecule has 0 bridgehead atoms. The summed E-state index contributed by atoms with van der Waals surface area (Å²) < 4.78 is 27.0. The van der Waals surface area contributed by atoms with E-state index in [2.05, 4.69) is 4.98 Å². The molecule has 0 N–H and O–H groups in total. The van der Waals surface area contributed by atoms with Crippen LogP contribution in [-0.4, -0.2) is 47.4 Å². The number of anilines is 1. The number of carbonyl (C=O) groups excluding carboxylic acids is 1. The summed E-state index contributed by atoms with van der Waals surface area (Å²) in [6.45, 7) is 2.60. The maximum atomic E-state index is 13.7. The van der Waals surface area contributed by atoms with Crippen LogP contribution in [0.2, 0.25) is 0 Å². The average molecular weight is 445 g/mol. The number of piperidine rings is 1. The second-order valence-corrected chi connectivity index (χ2v) is 10.5. The van der Waals surface area contributed by atoms with Crippen LogP contribution in [0.25, 0.3) is 10.2 Å². The molecule has 3 aromatic rings. The van der Waals surface area contributed by atoms with Gasteiger partial charge >= 0.3 is 0 Å². The van der Waals surface area contributed by atoms with Crippen molar-refractivity contribution in [3.05, 3.63) is 53.9 Å². The Bertz CT molecular complexity index is 1160. The van der Waals surface area contributed by atoms with Gasteiger partial charge in [0.25, 0.3) is 0 Å². The minimum Gasteiger partial charge on any atom is -0.281 e. The van der Waals surface area contributed by atoms with E-state index in [0.29, 0.717) is 18.1 Å². The molecule has 7 nitrogen and oxygen atoms in total. The molecule has 1 aromatic carbocycles. The second-order valence-electron chi connectivity index (χ2n) is 7.55. The van der Waals surface area contributed by atoms with Crippen LogP contribution in [0, 0.1) is 6.92 Å². The molecule has 3 heterocycles. The summed E-state index contributed by atoms with van der Waals surface area (Å²) in [7, 11) is -3.49. The highest BCUT2D eigenvalue weighted by atomic mass is 32.2. The van der Waals surface area contributed by atoms with E-state index in [9.17, 15) is 13.2 Å². The van der Waals surface area contributed by atoms with Crippen LogP contribution in [0.3, 0.4) is 0 Å². The van der Waals surface area contributed by atoms with Crippen molar-refractivity contribution >= 4 is 42.6 Å². The highest BCUT2D eigenvalue weighted by Crippen LogP contribution is 2.33. The number of aromatic nitrogens is 2. The summed E-state index contributed by atoms with van der Waals surface area (Å²) in [6.07, 6.45) is 4.94. The van der Waals surface area contributed by atoms with E-state index in [1.165, 1.54) is 21.9 Å². The minimum atomic E-state index is -3.49. The van der Waals surface area contributed by atoms with Gasteiger partial charge in [-0.1, -0.05) is 36.0 Å². The van der Waals surface area contributed by atoms with Crippen molar-refractivity contribution in [2.45, 2.75) is 38.8 Å². The molecule has 1 aliphatic heterocycles. The summed E-state index contributed by atoms with van der Waals surface area (Å²) in [6, 6.07) is 10.8. The highest BCUT2D eigenvalue weighted by molar-refractivity contribution is 7.88. The number of para-hydroxylation sites is 1. The van der Waals surface area contributed by atoms with Crippen molar-refractivity contribution in [3.63, 3.8) is 0 Å². The lowest BCUT2D eigenvalue weighted by Crippen LogP contribution is -2.52. The molecule has 1 unspecified atom stereocenters. The Balaban J connectivity index is 1.76. The van der Waals surface area contributed by atoms with Crippen molar-refractivity contribution in [1.82, 2.24) is 14.3 Å². The van der Waals surface area contributed by atoms with E-state index in [4.69, 9.17) is 4.98 Å². The van der Waals surface area contributed by atoms with Crippen LogP contribution in [0.1, 0.15) is 30.5 Å². The molecule has 0 aliphatic carbocycles. The summed E-state index contributed by atoms with van der Waals surface area (Å²) in [4.78, 5) is 24.4. The number of fused-ring (bicyclic) bond motifs is 1. The predicted octanol–water partition coefficient (Wildman–Crippen LogP) is 3.35. The van der Waals surface area contributed by atoms with Crippen molar-refractivity contribution in [3.8, 4) is 0 Å². The van der Waals surface area contributed by atoms with E-state index in [-0.39, 0.29) is 12.5 Å². The lowest BCUT2D eigenvalue weighted by molar-refractivity contribution is -0.123. The number of hydrogen-bond donors (Lipinski definition) is 0. The zero-order valence-electron chi connectivity index (χ0n) is 17.0. The topological polar surface area (TPSA) is 83.5 Å². The molecular weight excluding hydrogens is 420 g/mol. The molecule has 158 valence electrons. The molecule has 1 aliphatic rings. The first-order chi connectivity index (χ1) is 14.3. The van der Waals surface area contributed by atoms with Crippen LogP contribution in [0.5, 0.6) is 0 Å². The van der Waals surface area contributed by atoms with Crippen LogP contribution in [-0.2, 0) is 21.4 Å². The monoisotopic (exact) mass is 444 g/mol. The summed E-state index contributed by atoms with van der Waals surface area (Å²) >= 11 is 1.44. The van der Waals surface area contributed by atoms with Gasteiger partial charge in [-0.25, -0.2) is 13.4 Å². The van der Waals surface area contributed by atoms with Crippen molar-refractivity contribution in [1.29, 1.82) is 0 Å². The second kappa shape index (κ2) is 8.41. The first-order valence-electron chi connectivity index (χ1n) is 9.89. The van der Waals surface area contributed by atoms with Gasteiger partial charge in [-0.05, 0) is 43.5 Å². The Kier molecular flexibility index (Phi) is 5.86. The number of aryl methyl sites for hydroxylation is 1. The molecule has 1 fully saturated rings. The van der Waals surface area contributed by atoms with Crippen LogP contribution in [0.4, 0.5) is 5.13 Å². The fraction of sp³-hybridized carbons (Fsp3) is 0.381. The number of carbonyl (C=O) groups is 1. The van der Waals surface area contributed by atoms with E-state index in [1.807, 2.05) is 43.3 Å². The lowest BCUT2D eigenvalue weighted by atomic mass is 10.0. The van der Waals surface area contributed by atoms with Crippen LogP contribution >= 0.6 is 11.3 Å². The van der Waals surface area contributed by atoms with E-state index >= 15 is 0 Å². The van der Waals surface area contributed by atoms with Gasteiger partial charge in [0.2, 0.25) is 15.9 Å². The number of thiazole rings is 1. The molecule has 1 atom stereocenters. The third-order valence-corrected chi connectivity index (χ3v) is 7.65. The lowest BCUT2D eigenvalue weighted by Gasteiger charge is -2.35. The standard InChI is InChI=1S/C21H24N4O3S2/c1-15-8-7-11-18-19(15)23-21(29-18)24(14-16-9-3-5-12-22-16)20(26)17-10-4-6-13-25(17)30(2,27)28/h3,5,7-9,11-12,17H,4,6,10,13-14H2,1-2H3. The molecule has 0 saturated carbocycles. The highest BCUT2D eigenvalue weighted by Gasteiger charge is 2.38. The molecule has 30 heavy (non-hydrogen) atoms. The van der Waals surface area contributed by atoms with E-state index in [0.717, 1.165) is 34.3 Å². The SMILES string of the molecule is Cc1cccc2sc(N(Cc3ccccn3)C(=O)C3CCCCN3S(C)(=O)=O)nc12. The fourth-order valence-corrected chi connectivity index (χ4v) is 5.98. The zero-order chi connectivity index (χ0) is 21.3. The van der Waals surface area contributed by atoms with Crippen LogP contribution < -0.4 is 4.90 Å². The van der Waals surface area contributed by atoms with E-state index < -0.39 is 16.1 Å². The zero-order valence-corrected chi connectivity index (χ0v) is 18.6. The fourth-order valence-electron chi connectivity index (χ4n) is 3.81. The quantitative estimate of drug-likeness (QED) is 0.603. The van der Waals surface area contributed by atoms with Gasteiger partial charge in [0.15, 0.2) is 5.13 Å². The molecule has 1 amide bonds. The summed E-state index contributed by atoms with van der Waals surface area (Å²) in [5, 5.41) is 0.564. The normalized spacial score (nSPS) is 17.9.